The van der Waals surface area contributed by atoms with Crippen LogP contribution in [0.5, 0.6) is 0 Å². The molecule has 0 radical (unpaired) electrons. The molecule has 134 valence electrons. The fourth-order valence-corrected chi connectivity index (χ4v) is 3.10. The molecule has 26 heavy (non-hydrogen) atoms. The van der Waals surface area contributed by atoms with Crippen molar-refractivity contribution in [2.75, 3.05) is 6.61 Å². The number of para-hydroxylation sites is 1. The van der Waals surface area contributed by atoms with Crippen molar-refractivity contribution in [1.29, 1.82) is 0 Å². The fraction of sp³-hybridized carbons (Fsp3) is 0.200. The van der Waals surface area contributed by atoms with Crippen LogP contribution < -0.4 is 5.32 Å². The predicted molar refractivity (Wildman–Crippen MR) is 104 cm³/mol. The highest BCUT2D eigenvalue weighted by atomic mass is 79.9. The van der Waals surface area contributed by atoms with Gasteiger partial charge in [0.25, 0.3) is 5.91 Å². The number of halogens is 1. The molecule has 1 amide bonds. The fourth-order valence-electron chi connectivity index (χ4n) is 2.83. The largest absolute Gasteiger partial charge is 0.452 e. The molecule has 0 saturated heterocycles. The van der Waals surface area contributed by atoms with Crippen molar-refractivity contribution in [3.63, 3.8) is 0 Å². The number of hydrogen-bond donors (Lipinski definition) is 1. The first kappa shape index (κ1) is 18.2. The first-order valence-corrected chi connectivity index (χ1v) is 9.01. The van der Waals surface area contributed by atoms with Crippen LogP contribution in [-0.2, 0) is 16.6 Å². The van der Waals surface area contributed by atoms with Gasteiger partial charge in [0.1, 0.15) is 0 Å². The van der Waals surface area contributed by atoms with E-state index in [9.17, 15) is 9.59 Å². The molecular weight excluding hydrogens is 396 g/mol. The lowest BCUT2D eigenvalue weighted by molar-refractivity contribution is -0.124. The van der Waals surface area contributed by atoms with Gasteiger partial charge in [-0.3, -0.25) is 4.79 Å². The van der Waals surface area contributed by atoms with Crippen LogP contribution in [0.3, 0.4) is 0 Å². The van der Waals surface area contributed by atoms with Gasteiger partial charge in [-0.15, -0.1) is 0 Å². The molecule has 1 N–H and O–H groups in total. The Morgan fingerprint density at radius 2 is 1.85 bits per heavy atom. The van der Waals surface area contributed by atoms with Crippen molar-refractivity contribution in [1.82, 2.24) is 9.88 Å². The summed E-state index contributed by atoms with van der Waals surface area (Å²) < 4.78 is 8.03. The zero-order chi connectivity index (χ0) is 18.7. The Bertz CT molecular complexity index is 947. The minimum absolute atomic E-state index is 0.174. The van der Waals surface area contributed by atoms with Crippen LogP contribution in [0.4, 0.5) is 0 Å². The highest BCUT2D eigenvalue weighted by Gasteiger charge is 2.17. The number of carbonyl (C=O) groups excluding carboxylic acids is 2. The van der Waals surface area contributed by atoms with Gasteiger partial charge in [0, 0.05) is 28.6 Å². The summed E-state index contributed by atoms with van der Waals surface area (Å²) >= 11 is 3.38. The van der Waals surface area contributed by atoms with Crippen LogP contribution in [0.2, 0.25) is 0 Å². The highest BCUT2D eigenvalue weighted by Crippen LogP contribution is 2.21. The van der Waals surface area contributed by atoms with E-state index >= 15 is 0 Å². The smallest absolute Gasteiger partial charge is 0.340 e. The zero-order valence-electron chi connectivity index (χ0n) is 14.5. The minimum Gasteiger partial charge on any atom is -0.452 e. The molecule has 0 spiro atoms. The van der Waals surface area contributed by atoms with Gasteiger partial charge < -0.3 is 14.6 Å². The number of ether oxygens (including phenoxy) is 1. The van der Waals surface area contributed by atoms with Gasteiger partial charge in [0.2, 0.25) is 0 Å². The number of nitrogens with zero attached hydrogens (tertiary/aromatic N) is 1. The van der Waals surface area contributed by atoms with Crippen molar-refractivity contribution in [3.05, 3.63) is 70.3 Å². The molecular formula is C20H19BrN2O3. The maximum atomic E-state index is 12.3. The first-order chi connectivity index (χ1) is 12.5. The van der Waals surface area contributed by atoms with E-state index in [2.05, 4.69) is 21.2 Å². The lowest BCUT2D eigenvalue weighted by atomic mass is 10.1. The Balaban J connectivity index is 1.60. The van der Waals surface area contributed by atoms with Gasteiger partial charge in [0.15, 0.2) is 6.61 Å². The summed E-state index contributed by atoms with van der Waals surface area (Å²) in [5.74, 6) is -0.845. The van der Waals surface area contributed by atoms with E-state index in [1.807, 2.05) is 67.1 Å². The molecule has 6 heteroatoms. The van der Waals surface area contributed by atoms with Crippen LogP contribution in [0, 0.1) is 0 Å². The number of aryl methyl sites for hydroxylation is 1. The van der Waals surface area contributed by atoms with E-state index < -0.39 is 5.97 Å². The summed E-state index contributed by atoms with van der Waals surface area (Å²) in [7, 11) is 1.87. The number of benzene rings is 2. The number of aromatic nitrogens is 1. The number of carbonyl (C=O) groups is 2. The summed E-state index contributed by atoms with van der Waals surface area (Å²) in [6.07, 6.45) is 1.72. The molecule has 0 aliphatic rings. The van der Waals surface area contributed by atoms with E-state index in [0.717, 1.165) is 20.9 Å². The van der Waals surface area contributed by atoms with E-state index in [1.54, 1.807) is 6.20 Å². The maximum Gasteiger partial charge on any atom is 0.340 e. The van der Waals surface area contributed by atoms with Crippen LogP contribution in [0.25, 0.3) is 10.9 Å². The molecule has 2 aromatic carbocycles. The quantitative estimate of drug-likeness (QED) is 0.642. The van der Waals surface area contributed by atoms with E-state index in [1.165, 1.54) is 0 Å². The Morgan fingerprint density at radius 3 is 2.58 bits per heavy atom. The van der Waals surface area contributed by atoms with Gasteiger partial charge in [-0.2, -0.15) is 0 Å². The van der Waals surface area contributed by atoms with Crippen LogP contribution >= 0.6 is 15.9 Å². The maximum absolute atomic E-state index is 12.3. The second-order valence-corrected chi connectivity index (χ2v) is 7.00. The van der Waals surface area contributed by atoms with E-state index in [0.29, 0.717) is 5.56 Å². The number of esters is 1. The Morgan fingerprint density at radius 1 is 1.15 bits per heavy atom. The monoisotopic (exact) mass is 414 g/mol. The topological polar surface area (TPSA) is 60.3 Å². The third-order valence-electron chi connectivity index (χ3n) is 4.20. The number of rotatable bonds is 5. The van der Waals surface area contributed by atoms with Gasteiger partial charge in [-0.1, -0.05) is 46.3 Å². The average Bonchev–Trinajstić information content (AvgIpc) is 2.97. The number of hydrogen-bond acceptors (Lipinski definition) is 3. The molecule has 0 bridgehead atoms. The Hall–Kier alpha value is -2.60. The molecule has 3 rings (SSSR count). The normalized spacial score (nSPS) is 12.0. The number of nitrogens with one attached hydrogen (secondary N) is 1. The SMILES string of the molecule is C[C@@H](NC(=O)COC(=O)c1cn(C)c2ccccc12)c1ccc(Br)cc1. The molecule has 0 unspecified atom stereocenters. The molecule has 0 aliphatic carbocycles. The zero-order valence-corrected chi connectivity index (χ0v) is 16.1. The molecule has 0 saturated carbocycles. The molecule has 1 aromatic heterocycles. The standard InChI is InChI=1S/C20H19BrN2O3/c1-13(14-7-9-15(21)10-8-14)22-19(24)12-26-20(25)17-11-23(2)18-6-4-3-5-16(17)18/h3-11,13H,12H2,1-2H3,(H,22,24)/t13-/m1/s1. The van der Waals surface area contributed by atoms with Crippen molar-refractivity contribution in [2.45, 2.75) is 13.0 Å². The number of amides is 1. The first-order valence-electron chi connectivity index (χ1n) is 8.21. The molecule has 0 aliphatic heterocycles. The molecule has 5 nitrogen and oxygen atoms in total. The lowest BCUT2D eigenvalue weighted by Gasteiger charge is -2.14. The number of fused-ring (bicyclic) bond motifs is 1. The second-order valence-electron chi connectivity index (χ2n) is 6.09. The minimum atomic E-state index is -0.506. The van der Waals surface area contributed by atoms with E-state index in [4.69, 9.17) is 4.74 Å². The lowest BCUT2D eigenvalue weighted by Crippen LogP contribution is -2.31. The van der Waals surface area contributed by atoms with Crippen LogP contribution in [0.15, 0.2) is 59.2 Å². The van der Waals surface area contributed by atoms with Crippen LogP contribution in [-0.4, -0.2) is 23.1 Å². The van der Waals surface area contributed by atoms with Crippen molar-refractivity contribution < 1.29 is 14.3 Å². The predicted octanol–water partition coefficient (Wildman–Crippen LogP) is 3.98. The third-order valence-corrected chi connectivity index (χ3v) is 4.73. The van der Waals surface area contributed by atoms with Gasteiger partial charge in [-0.25, -0.2) is 4.79 Å². The molecule has 0 fully saturated rings. The van der Waals surface area contributed by atoms with Crippen molar-refractivity contribution in [3.8, 4) is 0 Å². The Labute approximate surface area is 160 Å². The average molecular weight is 415 g/mol. The highest BCUT2D eigenvalue weighted by molar-refractivity contribution is 9.10. The summed E-state index contributed by atoms with van der Waals surface area (Å²) in [6.45, 7) is 1.57. The van der Waals surface area contributed by atoms with Crippen LogP contribution in [0.1, 0.15) is 28.9 Å². The molecule has 1 atom stereocenters. The van der Waals surface area contributed by atoms with E-state index in [-0.39, 0.29) is 18.6 Å². The summed E-state index contributed by atoms with van der Waals surface area (Å²) in [4.78, 5) is 24.4. The summed E-state index contributed by atoms with van der Waals surface area (Å²) in [5, 5.41) is 3.64. The van der Waals surface area contributed by atoms with Crippen molar-refractivity contribution in [2.24, 2.45) is 7.05 Å². The summed E-state index contributed by atoms with van der Waals surface area (Å²) in [6, 6.07) is 15.1. The molecule has 3 aromatic rings. The van der Waals surface area contributed by atoms with Gasteiger partial charge >= 0.3 is 5.97 Å². The van der Waals surface area contributed by atoms with Gasteiger partial charge in [0.05, 0.1) is 11.6 Å². The van der Waals surface area contributed by atoms with Gasteiger partial charge in [-0.05, 0) is 30.7 Å². The van der Waals surface area contributed by atoms with Crippen molar-refractivity contribution >= 4 is 38.7 Å². The Kier molecular flexibility index (Phi) is 5.42. The summed E-state index contributed by atoms with van der Waals surface area (Å²) in [5.41, 5.74) is 2.37. The second kappa shape index (κ2) is 7.74. The third kappa shape index (κ3) is 3.96. The molecule has 1 heterocycles.